The predicted octanol–water partition coefficient (Wildman–Crippen LogP) is 2.57. The fourth-order valence-electron chi connectivity index (χ4n) is 2.36. The minimum atomic E-state index is -0.0451. The summed E-state index contributed by atoms with van der Waals surface area (Å²) in [5.41, 5.74) is 0. The molecular weight excluding hydrogens is 254 g/mol. The third kappa shape index (κ3) is 2.54. The number of carbonyl (C=O) groups is 1. The van der Waals surface area contributed by atoms with Crippen molar-refractivity contribution in [3.05, 3.63) is 23.1 Å². The molecule has 2 aliphatic rings. The smallest absolute Gasteiger partial charge is 0.289 e. The first-order valence-corrected chi connectivity index (χ1v) is 6.76. The molecule has 1 saturated heterocycles. The number of hydrogen-bond acceptors (Lipinski definition) is 3. The van der Waals surface area contributed by atoms with Crippen LogP contribution in [-0.2, 0) is 4.74 Å². The van der Waals surface area contributed by atoms with Gasteiger partial charge in [-0.05, 0) is 43.0 Å². The van der Waals surface area contributed by atoms with Crippen molar-refractivity contribution in [3.63, 3.8) is 0 Å². The molecule has 1 amide bonds. The van der Waals surface area contributed by atoms with Crippen molar-refractivity contribution in [2.24, 2.45) is 5.92 Å². The van der Waals surface area contributed by atoms with E-state index in [9.17, 15) is 4.79 Å². The molecule has 3 rings (SSSR count). The van der Waals surface area contributed by atoms with Crippen LogP contribution >= 0.6 is 11.6 Å². The SMILES string of the molecule is O=C(c1ccc(Cl)o1)N(CC1CCOC1)C1CC1. The summed E-state index contributed by atoms with van der Waals surface area (Å²) < 4.78 is 10.6. The van der Waals surface area contributed by atoms with Gasteiger partial charge in [0.15, 0.2) is 11.0 Å². The molecule has 0 N–H and O–H groups in total. The van der Waals surface area contributed by atoms with E-state index in [2.05, 4.69) is 0 Å². The monoisotopic (exact) mass is 269 g/mol. The second-order valence-electron chi connectivity index (χ2n) is 5.02. The standard InChI is InChI=1S/C13H16ClNO3/c14-12-4-3-11(18-12)13(16)15(10-1-2-10)7-9-5-6-17-8-9/h3-4,9-10H,1-2,5-8H2. The van der Waals surface area contributed by atoms with Crippen LogP contribution < -0.4 is 0 Å². The van der Waals surface area contributed by atoms with Crippen molar-refractivity contribution >= 4 is 17.5 Å². The third-order valence-corrected chi connectivity index (χ3v) is 3.71. The van der Waals surface area contributed by atoms with Gasteiger partial charge in [0.2, 0.25) is 0 Å². The summed E-state index contributed by atoms with van der Waals surface area (Å²) in [7, 11) is 0. The van der Waals surface area contributed by atoms with Gasteiger partial charge >= 0.3 is 0 Å². The normalized spacial score (nSPS) is 23.3. The van der Waals surface area contributed by atoms with Crippen LogP contribution in [0.5, 0.6) is 0 Å². The van der Waals surface area contributed by atoms with Gasteiger partial charge in [-0.2, -0.15) is 0 Å². The minimum absolute atomic E-state index is 0.0451. The average Bonchev–Trinajstić information content (AvgIpc) is 2.88. The first-order valence-electron chi connectivity index (χ1n) is 6.38. The number of furan rings is 1. The van der Waals surface area contributed by atoms with Gasteiger partial charge in [0, 0.05) is 25.1 Å². The lowest BCUT2D eigenvalue weighted by atomic mass is 10.1. The number of halogens is 1. The summed E-state index contributed by atoms with van der Waals surface area (Å²) in [4.78, 5) is 14.3. The summed E-state index contributed by atoms with van der Waals surface area (Å²) in [5, 5.41) is 0.262. The molecule has 2 heterocycles. The number of hydrogen-bond donors (Lipinski definition) is 0. The number of amides is 1. The largest absolute Gasteiger partial charge is 0.440 e. The molecule has 98 valence electrons. The van der Waals surface area contributed by atoms with Crippen molar-refractivity contribution in [3.8, 4) is 0 Å². The lowest BCUT2D eigenvalue weighted by molar-refractivity contribution is 0.0674. The summed E-state index contributed by atoms with van der Waals surface area (Å²) in [6.45, 7) is 2.33. The lowest BCUT2D eigenvalue weighted by Gasteiger charge is -2.24. The Kier molecular flexibility index (Phi) is 3.31. The van der Waals surface area contributed by atoms with Gasteiger partial charge in [0.25, 0.3) is 5.91 Å². The maximum atomic E-state index is 12.4. The molecule has 18 heavy (non-hydrogen) atoms. The van der Waals surface area contributed by atoms with Crippen LogP contribution in [0, 0.1) is 5.92 Å². The number of rotatable bonds is 4. The maximum Gasteiger partial charge on any atom is 0.289 e. The van der Waals surface area contributed by atoms with E-state index in [1.54, 1.807) is 12.1 Å². The van der Waals surface area contributed by atoms with E-state index in [-0.39, 0.29) is 11.1 Å². The van der Waals surface area contributed by atoms with Gasteiger partial charge in [-0.25, -0.2) is 0 Å². The Balaban J connectivity index is 1.70. The van der Waals surface area contributed by atoms with Crippen LogP contribution in [0.25, 0.3) is 0 Å². The summed E-state index contributed by atoms with van der Waals surface area (Å²) in [5.74, 6) is 0.752. The molecule has 5 heteroatoms. The molecule has 0 radical (unpaired) electrons. The number of nitrogens with zero attached hydrogens (tertiary/aromatic N) is 1. The summed E-state index contributed by atoms with van der Waals surface area (Å²) in [6, 6.07) is 3.63. The molecule has 1 aliphatic carbocycles. The van der Waals surface area contributed by atoms with E-state index >= 15 is 0 Å². The van der Waals surface area contributed by atoms with Crippen LogP contribution in [-0.4, -0.2) is 36.6 Å². The lowest BCUT2D eigenvalue weighted by Crippen LogP contribution is -2.37. The fourth-order valence-corrected chi connectivity index (χ4v) is 2.51. The molecule has 1 aliphatic heterocycles. The molecule has 1 saturated carbocycles. The van der Waals surface area contributed by atoms with Crippen LogP contribution in [0.2, 0.25) is 5.22 Å². The van der Waals surface area contributed by atoms with Gasteiger partial charge in [-0.3, -0.25) is 4.79 Å². The minimum Gasteiger partial charge on any atom is -0.440 e. The van der Waals surface area contributed by atoms with Gasteiger partial charge in [-0.15, -0.1) is 0 Å². The van der Waals surface area contributed by atoms with Crippen molar-refractivity contribution in [2.75, 3.05) is 19.8 Å². The van der Waals surface area contributed by atoms with E-state index in [4.69, 9.17) is 20.8 Å². The molecule has 1 aromatic heterocycles. The highest BCUT2D eigenvalue weighted by molar-refractivity contribution is 6.29. The zero-order valence-electron chi connectivity index (χ0n) is 10.1. The van der Waals surface area contributed by atoms with Gasteiger partial charge in [0.05, 0.1) is 6.61 Å². The Labute approximate surface area is 111 Å². The third-order valence-electron chi connectivity index (χ3n) is 3.51. The quantitative estimate of drug-likeness (QED) is 0.844. The number of ether oxygens (including phenoxy) is 1. The van der Waals surface area contributed by atoms with E-state index in [1.807, 2.05) is 4.90 Å². The Bertz CT molecular complexity index is 435. The zero-order valence-corrected chi connectivity index (χ0v) is 10.9. The Morgan fingerprint density at radius 2 is 2.22 bits per heavy atom. The highest BCUT2D eigenvalue weighted by atomic mass is 35.5. The van der Waals surface area contributed by atoms with Crippen molar-refractivity contribution < 1.29 is 13.9 Å². The molecular formula is C13H16ClNO3. The first kappa shape index (κ1) is 12.1. The first-order chi connectivity index (χ1) is 8.74. The van der Waals surface area contributed by atoms with Crippen molar-refractivity contribution in [1.82, 2.24) is 4.90 Å². The summed E-state index contributed by atoms with van der Waals surface area (Å²) >= 11 is 5.72. The average molecular weight is 270 g/mol. The van der Waals surface area contributed by atoms with Crippen molar-refractivity contribution in [2.45, 2.75) is 25.3 Å². The second kappa shape index (κ2) is 4.94. The zero-order chi connectivity index (χ0) is 12.5. The highest BCUT2D eigenvalue weighted by Crippen LogP contribution is 2.30. The van der Waals surface area contributed by atoms with Gasteiger partial charge in [-0.1, -0.05) is 0 Å². The van der Waals surface area contributed by atoms with Crippen LogP contribution in [0.15, 0.2) is 16.5 Å². The fraction of sp³-hybridized carbons (Fsp3) is 0.615. The van der Waals surface area contributed by atoms with Crippen molar-refractivity contribution in [1.29, 1.82) is 0 Å². The van der Waals surface area contributed by atoms with Gasteiger partial charge in [0.1, 0.15) is 0 Å². The Morgan fingerprint density at radius 1 is 1.39 bits per heavy atom. The van der Waals surface area contributed by atoms with Crippen LogP contribution in [0.4, 0.5) is 0 Å². The second-order valence-corrected chi connectivity index (χ2v) is 5.39. The Hall–Kier alpha value is -1.00. The molecule has 1 atom stereocenters. The molecule has 4 nitrogen and oxygen atoms in total. The molecule has 1 unspecified atom stereocenters. The van der Waals surface area contributed by atoms with Crippen LogP contribution in [0.3, 0.4) is 0 Å². The van der Waals surface area contributed by atoms with E-state index in [0.29, 0.717) is 17.7 Å². The van der Waals surface area contributed by atoms with Crippen LogP contribution in [0.1, 0.15) is 29.8 Å². The van der Waals surface area contributed by atoms with E-state index in [1.165, 1.54) is 0 Å². The predicted molar refractivity (Wildman–Crippen MR) is 66.7 cm³/mol. The molecule has 0 aromatic carbocycles. The topological polar surface area (TPSA) is 42.7 Å². The molecule has 2 fully saturated rings. The molecule has 1 aromatic rings. The summed E-state index contributed by atoms with van der Waals surface area (Å²) in [6.07, 6.45) is 3.22. The van der Waals surface area contributed by atoms with Gasteiger partial charge < -0.3 is 14.1 Å². The number of carbonyl (C=O) groups excluding carboxylic acids is 1. The molecule has 0 spiro atoms. The molecule has 0 bridgehead atoms. The Morgan fingerprint density at radius 3 is 2.78 bits per heavy atom. The highest BCUT2D eigenvalue weighted by Gasteiger charge is 2.36. The van der Waals surface area contributed by atoms with E-state index in [0.717, 1.165) is 39.0 Å². The van der Waals surface area contributed by atoms with E-state index < -0.39 is 0 Å². The maximum absolute atomic E-state index is 12.4.